The molecule has 2 aliphatic heterocycles. The molecular weight excluding hydrogens is 564 g/mol. The number of hydrogen-bond acceptors (Lipinski definition) is 4. The summed E-state index contributed by atoms with van der Waals surface area (Å²) in [6.07, 6.45) is 15.6. The maximum absolute atomic E-state index is 14.7. The van der Waals surface area contributed by atoms with Gasteiger partial charge in [0.2, 0.25) is 0 Å². The fourth-order valence-corrected chi connectivity index (χ4v) is 6.38. The fourth-order valence-electron chi connectivity index (χ4n) is 6.38. The number of benzene rings is 4. The predicted octanol–water partition coefficient (Wildman–Crippen LogP) is 4.32. The molecule has 0 saturated heterocycles. The Labute approximate surface area is 266 Å². The third kappa shape index (κ3) is 4.73. The predicted molar refractivity (Wildman–Crippen MR) is 185 cm³/mol. The lowest BCUT2D eigenvalue weighted by Gasteiger charge is -2.23. The van der Waals surface area contributed by atoms with Crippen molar-refractivity contribution in [2.24, 2.45) is 0 Å². The molecule has 0 spiro atoms. The Hall–Kier alpha value is -6.26. The Morgan fingerprint density at radius 1 is 0.435 bits per heavy atom. The first-order valence-corrected chi connectivity index (χ1v) is 15.3. The quantitative estimate of drug-likeness (QED) is 0.348. The van der Waals surface area contributed by atoms with Crippen molar-refractivity contribution in [1.82, 2.24) is 10.6 Å². The number of ketones is 2. The molecule has 4 aliphatic rings. The molecule has 0 radical (unpaired) electrons. The molecule has 8 rings (SSSR count). The van der Waals surface area contributed by atoms with E-state index in [9.17, 15) is 9.59 Å². The Morgan fingerprint density at radius 3 is 1.26 bits per heavy atom. The summed E-state index contributed by atoms with van der Waals surface area (Å²) in [5, 5.41) is 10.2. The van der Waals surface area contributed by atoms with Gasteiger partial charge in [0.25, 0.3) is 0 Å². The van der Waals surface area contributed by atoms with Crippen molar-refractivity contribution in [3.63, 3.8) is 0 Å². The summed E-state index contributed by atoms with van der Waals surface area (Å²) in [5.74, 6) is -0.386. The number of dihydropyridines is 2. The molecule has 2 aliphatic carbocycles. The van der Waals surface area contributed by atoms with Gasteiger partial charge in [-0.05, 0) is 68.5 Å². The lowest BCUT2D eigenvalue weighted by atomic mass is 9.81. The van der Waals surface area contributed by atoms with Gasteiger partial charge in [-0.15, -0.1) is 0 Å². The van der Waals surface area contributed by atoms with E-state index in [0.29, 0.717) is 33.7 Å². The van der Waals surface area contributed by atoms with E-state index in [1.807, 2.05) is 158 Å². The monoisotopic (exact) mass is 592 g/mol. The van der Waals surface area contributed by atoms with Crippen LogP contribution in [-0.2, 0) is 9.59 Å². The third-order valence-corrected chi connectivity index (χ3v) is 8.59. The van der Waals surface area contributed by atoms with Crippen molar-refractivity contribution in [2.45, 2.75) is 0 Å². The van der Waals surface area contributed by atoms with Crippen molar-refractivity contribution in [2.75, 3.05) is 0 Å². The van der Waals surface area contributed by atoms with Crippen molar-refractivity contribution >= 4 is 46.3 Å². The largest absolute Gasteiger partial charge is 0.354 e. The van der Waals surface area contributed by atoms with E-state index in [1.54, 1.807) is 0 Å². The second-order valence-electron chi connectivity index (χ2n) is 11.4. The molecule has 0 aromatic heterocycles. The molecule has 4 heteroatoms. The maximum atomic E-state index is 14.7. The van der Waals surface area contributed by atoms with Gasteiger partial charge in [0.05, 0.1) is 0 Å². The van der Waals surface area contributed by atoms with Gasteiger partial charge >= 0.3 is 0 Å². The second-order valence-corrected chi connectivity index (χ2v) is 11.4. The summed E-state index contributed by atoms with van der Waals surface area (Å²) in [5.41, 5.74) is 7.07. The highest BCUT2D eigenvalue weighted by Gasteiger charge is 2.32. The van der Waals surface area contributed by atoms with Crippen molar-refractivity contribution in [3.8, 4) is 0 Å². The molecule has 2 heterocycles. The number of carbonyl (C=O) groups is 2. The summed E-state index contributed by atoms with van der Waals surface area (Å²) in [7, 11) is 0. The van der Waals surface area contributed by atoms with Gasteiger partial charge in [-0.1, -0.05) is 121 Å². The Balaban J connectivity index is 1.30. The van der Waals surface area contributed by atoms with Crippen LogP contribution in [0.1, 0.15) is 11.1 Å². The first-order valence-electron chi connectivity index (χ1n) is 15.3. The number of allylic oxidation sites excluding steroid dienone is 8. The molecule has 46 heavy (non-hydrogen) atoms. The van der Waals surface area contributed by atoms with Gasteiger partial charge < -0.3 is 10.6 Å². The van der Waals surface area contributed by atoms with Crippen LogP contribution in [0.5, 0.6) is 0 Å². The summed E-state index contributed by atoms with van der Waals surface area (Å²) in [6, 6.07) is 35.7. The Morgan fingerprint density at radius 2 is 0.826 bits per heavy atom. The lowest BCUT2D eigenvalue weighted by Crippen LogP contribution is -2.42. The lowest BCUT2D eigenvalue weighted by molar-refractivity contribution is -0.112. The van der Waals surface area contributed by atoms with Crippen LogP contribution in [0.25, 0.3) is 34.7 Å². The minimum atomic E-state index is -0.193. The number of fused-ring (bicyclic) bond motifs is 2. The van der Waals surface area contributed by atoms with Gasteiger partial charge in [-0.2, -0.15) is 0 Å². The van der Waals surface area contributed by atoms with Crippen molar-refractivity contribution in [3.05, 3.63) is 200 Å². The first-order chi connectivity index (χ1) is 22.7. The molecule has 0 unspecified atom stereocenters. The maximum Gasteiger partial charge on any atom is 0.196 e. The molecule has 218 valence electrons. The minimum absolute atomic E-state index is 0.193. The standard InChI is InChI=1S/C42H28N2O2/c45-41-33(37-23-11-21-35(43-37)27-13-3-1-4-14-27)25-29-17-7-9-19-31(29)39(41)40-32-20-10-8-18-30(32)26-34(42(40)46)38-24-12-22-36(44-38)28-15-5-2-6-16-28/h1-26,43-44H/b37-33-,38-34-. The highest BCUT2D eigenvalue weighted by atomic mass is 16.1. The van der Waals surface area contributed by atoms with Crippen molar-refractivity contribution in [1.29, 1.82) is 0 Å². The number of carbonyl (C=O) groups excluding carboxylic acids is 2. The van der Waals surface area contributed by atoms with Gasteiger partial charge in [-0.3, -0.25) is 9.59 Å². The van der Waals surface area contributed by atoms with Crippen LogP contribution < -0.4 is 31.5 Å². The smallest absolute Gasteiger partial charge is 0.196 e. The molecule has 4 aromatic rings. The molecule has 2 N–H and O–H groups in total. The van der Waals surface area contributed by atoms with E-state index in [4.69, 9.17) is 0 Å². The van der Waals surface area contributed by atoms with E-state index < -0.39 is 0 Å². The van der Waals surface area contributed by atoms with Crippen LogP contribution in [-0.4, -0.2) is 11.6 Å². The summed E-state index contributed by atoms with van der Waals surface area (Å²) >= 11 is 0. The van der Waals surface area contributed by atoms with Gasteiger partial charge in [0, 0.05) is 45.1 Å². The highest BCUT2D eigenvalue weighted by Crippen LogP contribution is 2.29. The van der Waals surface area contributed by atoms with Crippen LogP contribution in [0, 0.1) is 0 Å². The van der Waals surface area contributed by atoms with Gasteiger partial charge in [0.15, 0.2) is 11.6 Å². The Bertz CT molecular complexity index is 2250. The fraction of sp³-hybridized carbons (Fsp3) is 0. The molecule has 0 bridgehead atoms. The van der Waals surface area contributed by atoms with E-state index in [0.717, 1.165) is 43.4 Å². The van der Waals surface area contributed by atoms with Gasteiger partial charge in [-0.25, -0.2) is 0 Å². The van der Waals surface area contributed by atoms with Crippen LogP contribution in [0.4, 0.5) is 0 Å². The van der Waals surface area contributed by atoms with E-state index >= 15 is 0 Å². The molecule has 4 nitrogen and oxygen atoms in total. The van der Waals surface area contributed by atoms with Crippen LogP contribution in [0.3, 0.4) is 0 Å². The second kappa shape index (κ2) is 11.3. The zero-order valence-electron chi connectivity index (χ0n) is 24.8. The average Bonchev–Trinajstić information content (AvgIpc) is 3.12. The zero-order valence-corrected chi connectivity index (χ0v) is 24.8. The SMILES string of the molecule is O=C1C(C2=c3ccccc3=C/C(=C3\C=CC=C(c4ccccc4)N3)C2=O)=c2ccccc2=C/C1=C1\C=CC=C(c2ccccc2)N1. The number of Topliss-reactive ketones (excluding diaryl/α,β-unsaturated/α-hetero) is 2. The molecule has 0 atom stereocenters. The molecule has 0 fully saturated rings. The van der Waals surface area contributed by atoms with E-state index in [2.05, 4.69) is 10.6 Å². The summed E-state index contributed by atoms with van der Waals surface area (Å²) in [4.78, 5) is 29.5. The molecule has 0 amide bonds. The van der Waals surface area contributed by atoms with Crippen LogP contribution in [0.2, 0.25) is 0 Å². The van der Waals surface area contributed by atoms with E-state index in [1.165, 1.54) is 0 Å². The molecular formula is C42H28N2O2. The van der Waals surface area contributed by atoms with Gasteiger partial charge in [0.1, 0.15) is 0 Å². The molecule has 4 aromatic carbocycles. The van der Waals surface area contributed by atoms with Crippen molar-refractivity contribution < 1.29 is 9.59 Å². The molecule has 0 saturated carbocycles. The van der Waals surface area contributed by atoms with E-state index in [-0.39, 0.29) is 11.6 Å². The third-order valence-electron chi connectivity index (χ3n) is 8.59. The number of rotatable bonds is 3. The Kier molecular flexibility index (Phi) is 6.73. The minimum Gasteiger partial charge on any atom is -0.354 e. The average molecular weight is 593 g/mol. The van der Waals surface area contributed by atoms with Crippen LogP contribution >= 0.6 is 0 Å². The first kappa shape index (κ1) is 27.3. The number of nitrogens with one attached hydrogen (secondary N) is 2. The van der Waals surface area contributed by atoms with Crippen LogP contribution in [0.15, 0.2) is 168 Å². The number of hydrogen-bond donors (Lipinski definition) is 2. The summed E-state index contributed by atoms with van der Waals surface area (Å²) in [6.45, 7) is 0. The normalized spacial score (nSPS) is 20.0. The highest BCUT2D eigenvalue weighted by molar-refractivity contribution is 6.52. The summed E-state index contributed by atoms with van der Waals surface area (Å²) < 4.78 is 0. The topological polar surface area (TPSA) is 58.2 Å². The zero-order chi connectivity index (χ0) is 31.0.